The van der Waals surface area contributed by atoms with Crippen molar-refractivity contribution < 1.29 is 18.4 Å². The molecule has 0 spiro atoms. The highest BCUT2D eigenvalue weighted by atomic mass is 35.5. The van der Waals surface area contributed by atoms with Gasteiger partial charge in [0.1, 0.15) is 5.70 Å². The molecule has 1 aliphatic rings. The minimum atomic E-state index is -1.15. The third-order valence-electron chi connectivity index (χ3n) is 5.50. The van der Waals surface area contributed by atoms with Gasteiger partial charge in [-0.1, -0.05) is 35.9 Å². The Balaban J connectivity index is 1.88. The molecule has 0 aliphatic carbocycles. The number of rotatable bonds is 4. The first-order valence-corrected chi connectivity index (χ1v) is 10.2. The first-order valence-electron chi connectivity index (χ1n) is 9.86. The van der Waals surface area contributed by atoms with Crippen LogP contribution in [-0.4, -0.2) is 11.8 Å². The van der Waals surface area contributed by atoms with E-state index in [4.69, 9.17) is 11.6 Å². The van der Waals surface area contributed by atoms with Gasteiger partial charge in [0.15, 0.2) is 11.6 Å². The summed E-state index contributed by atoms with van der Waals surface area (Å²) in [7, 11) is 0. The van der Waals surface area contributed by atoms with Crippen molar-refractivity contribution in [1.82, 2.24) is 0 Å². The number of amides is 2. The maximum absolute atomic E-state index is 13.9. The van der Waals surface area contributed by atoms with Crippen molar-refractivity contribution in [3.63, 3.8) is 0 Å². The number of halogens is 3. The summed E-state index contributed by atoms with van der Waals surface area (Å²) in [6, 6.07) is 13.5. The molecule has 3 aromatic carbocycles. The van der Waals surface area contributed by atoms with Gasteiger partial charge in [-0.05, 0) is 67.3 Å². The molecule has 32 heavy (non-hydrogen) atoms. The molecule has 1 heterocycles. The number of hydrogen-bond acceptors (Lipinski definition) is 3. The molecule has 4 rings (SSSR count). The van der Waals surface area contributed by atoms with Crippen LogP contribution in [0, 0.1) is 32.4 Å². The lowest BCUT2D eigenvalue weighted by molar-refractivity contribution is -0.120. The Morgan fingerprint density at radius 3 is 2.19 bits per heavy atom. The van der Waals surface area contributed by atoms with Crippen LogP contribution in [0.15, 0.2) is 60.3 Å². The zero-order chi connectivity index (χ0) is 23.2. The van der Waals surface area contributed by atoms with Gasteiger partial charge in [0, 0.05) is 16.8 Å². The molecule has 0 radical (unpaired) electrons. The molecule has 0 bridgehead atoms. The quantitative estimate of drug-likeness (QED) is 0.498. The zero-order valence-corrected chi connectivity index (χ0v) is 18.3. The number of carbonyl (C=O) groups excluding carboxylic acids is 2. The monoisotopic (exact) mass is 452 g/mol. The van der Waals surface area contributed by atoms with E-state index in [1.54, 1.807) is 24.3 Å². The Labute approximate surface area is 189 Å². The largest absolute Gasteiger partial charge is 0.350 e. The summed E-state index contributed by atoms with van der Waals surface area (Å²) >= 11 is 6.12. The normalized spacial score (nSPS) is 13.9. The highest BCUT2D eigenvalue weighted by Crippen LogP contribution is 2.35. The molecule has 0 atom stereocenters. The highest BCUT2D eigenvalue weighted by molar-refractivity contribution is 6.46. The third kappa shape index (κ3) is 3.78. The lowest BCUT2D eigenvalue weighted by Gasteiger charge is -2.16. The fourth-order valence-corrected chi connectivity index (χ4v) is 3.70. The predicted octanol–water partition coefficient (Wildman–Crippen LogP) is 5.94. The van der Waals surface area contributed by atoms with Gasteiger partial charge < -0.3 is 5.32 Å². The number of benzene rings is 3. The second-order valence-electron chi connectivity index (χ2n) is 7.68. The summed E-state index contributed by atoms with van der Waals surface area (Å²) in [6.07, 6.45) is 0. The summed E-state index contributed by atoms with van der Waals surface area (Å²) in [5.74, 6) is -3.52. The van der Waals surface area contributed by atoms with Crippen molar-refractivity contribution in [2.45, 2.75) is 20.8 Å². The molecule has 0 aromatic heterocycles. The van der Waals surface area contributed by atoms with Gasteiger partial charge >= 0.3 is 0 Å². The number of nitrogens with zero attached hydrogens (tertiary/aromatic N) is 1. The summed E-state index contributed by atoms with van der Waals surface area (Å²) in [6.45, 7) is 5.68. The number of anilines is 2. The maximum Gasteiger partial charge on any atom is 0.282 e. The average molecular weight is 453 g/mol. The molecule has 0 unspecified atom stereocenters. The van der Waals surface area contributed by atoms with E-state index in [9.17, 15) is 18.4 Å². The van der Waals surface area contributed by atoms with E-state index in [0.29, 0.717) is 16.3 Å². The lowest BCUT2D eigenvalue weighted by atomic mass is 9.99. The van der Waals surface area contributed by atoms with E-state index in [1.807, 2.05) is 32.9 Å². The Bertz CT molecular complexity index is 1320. The lowest BCUT2D eigenvalue weighted by Crippen LogP contribution is -2.32. The van der Waals surface area contributed by atoms with Gasteiger partial charge in [0.25, 0.3) is 11.8 Å². The number of imide groups is 1. The Hall–Kier alpha value is -3.51. The van der Waals surface area contributed by atoms with Crippen molar-refractivity contribution in [1.29, 1.82) is 0 Å². The minimum Gasteiger partial charge on any atom is -0.350 e. The van der Waals surface area contributed by atoms with Crippen LogP contribution < -0.4 is 10.2 Å². The Morgan fingerprint density at radius 2 is 1.50 bits per heavy atom. The average Bonchev–Trinajstić information content (AvgIpc) is 2.99. The molecule has 3 aromatic rings. The van der Waals surface area contributed by atoms with E-state index in [2.05, 4.69) is 5.32 Å². The van der Waals surface area contributed by atoms with Crippen LogP contribution in [0.2, 0.25) is 5.02 Å². The minimum absolute atomic E-state index is 0.0355. The number of hydrogen-bond donors (Lipinski definition) is 1. The van der Waals surface area contributed by atoms with Gasteiger partial charge in [-0.15, -0.1) is 0 Å². The van der Waals surface area contributed by atoms with E-state index >= 15 is 0 Å². The standard InChI is InChI=1S/C25H19ClF2N2O2/c1-13-4-6-16(10-15(13)3)22-23(29-21-11-17(26)7-5-14(21)2)25(32)30(24(22)31)18-8-9-19(27)20(28)12-18/h4-12,29H,1-3H3. The van der Waals surface area contributed by atoms with Crippen molar-refractivity contribution in [2.75, 3.05) is 10.2 Å². The van der Waals surface area contributed by atoms with Crippen LogP contribution in [-0.2, 0) is 9.59 Å². The topological polar surface area (TPSA) is 49.4 Å². The number of carbonyl (C=O) groups is 2. The predicted molar refractivity (Wildman–Crippen MR) is 121 cm³/mol. The van der Waals surface area contributed by atoms with Gasteiger partial charge in [-0.2, -0.15) is 0 Å². The fraction of sp³-hybridized carbons (Fsp3) is 0.120. The van der Waals surface area contributed by atoms with Gasteiger partial charge in [0.05, 0.1) is 11.3 Å². The van der Waals surface area contributed by atoms with Crippen molar-refractivity contribution in [3.8, 4) is 0 Å². The van der Waals surface area contributed by atoms with Crippen molar-refractivity contribution in [3.05, 3.63) is 99.2 Å². The van der Waals surface area contributed by atoms with Crippen LogP contribution in [0.4, 0.5) is 20.2 Å². The van der Waals surface area contributed by atoms with Crippen molar-refractivity contribution in [2.24, 2.45) is 0 Å². The smallest absolute Gasteiger partial charge is 0.282 e. The van der Waals surface area contributed by atoms with Crippen LogP contribution in [0.5, 0.6) is 0 Å². The summed E-state index contributed by atoms with van der Waals surface area (Å²) in [4.78, 5) is 27.7. The van der Waals surface area contributed by atoms with Crippen LogP contribution in [0.25, 0.3) is 5.57 Å². The van der Waals surface area contributed by atoms with Crippen LogP contribution >= 0.6 is 11.6 Å². The maximum atomic E-state index is 13.9. The van der Waals surface area contributed by atoms with E-state index in [-0.39, 0.29) is 17.0 Å². The van der Waals surface area contributed by atoms with Gasteiger partial charge in [0.2, 0.25) is 0 Å². The zero-order valence-electron chi connectivity index (χ0n) is 17.6. The molecule has 1 aliphatic heterocycles. The van der Waals surface area contributed by atoms with Crippen LogP contribution in [0.3, 0.4) is 0 Å². The molecule has 0 fully saturated rings. The second kappa shape index (κ2) is 8.20. The summed E-state index contributed by atoms with van der Waals surface area (Å²) < 4.78 is 27.3. The summed E-state index contributed by atoms with van der Waals surface area (Å²) in [5.41, 5.74) is 4.01. The van der Waals surface area contributed by atoms with Crippen LogP contribution in [0.1, 0.15) is 22.3 Å². The van der Waals surface area contributed by atoms with Gasteiger partial charge in [-0.3, -0.25) is 9.59 Å². The van der Waals surface area contributed by atoms with E-state index in [1.165, 1.54) is 6.07 Å². The Kier molecular flexibility index (Phi) is 5.57. The third-order valence-corrected chi connectivity index (χ3v) is 5.74. The molecular formula is C25H19ClF2N2O2. The Morgan fingerprint density at radius 1 is 0.781 bits per heavy atom. The molecule has 162 valence electrons. The molecule has 2 amide bonds. The molecule has 1 N–H and O–H groups in total. The first-order chi connectivity index (χ1) is 15.2. The molecule has 0 saturated heterocycles. The SMILES string of the molecule is Cc1ccc(C2=C(Nc3cc(Cl)ccc3C)C(=O)N(c3ccc(F)c(F)c3)C2=O)cc1C. The molecule has 0 saturated carbocycles. The fourth-order valence-electron chi connectivity index (χ4n) is 3.53. The van der Waals surface area contributed by atoms with E-state index < -0.39 is 23.4 Å². The van der Waals surface area contributed by atoms with Crippen molar-refractivity contribution >= 4 is 40.4 Å². The molecule has 4 nitrogen and oxygen atoms in total. The molecule has 7 heteroatoms. The highest BCUT2D eigenvalue weighted by Gasteiger charge is 2.40. The second-order valence-corrected chi connectivity index (χ2v) is 8.11. The van der Waals surface area contributed by atoms with E-state index in [0.717, 1.165) is 33.7 Å². The molecular weight excluding hydrogens is 434 g/mol. The number of nitrogens with one attached hydrogen (secondary N) is 1. The summed E-state index contributed by atoms with van der Waals surface area (Å²) in [5, 5.41) is 3.51. The number of aryl methyl sites for hydroxylation is 3. The first kappa shape index (κ1) is 21.7. The van der Waals surface area contributed by atoms with Gasteiger partial charge in [-0.25, -0.2) is 13.7 Å².